The van der Waals surface area contributed by atoms with Crippen LogP contribution < -0.4 is 20.1 Å². The van der Waals surface area contributed by atoms with Gasteiger partial charge in [-0.25, -0.2) is 18.4 Å². The number of pyridine rings is 1. The predicted octanol–water partition coefficient (Wildman–Crippen LogP) is 5.65. The summed E-state index contributed by atoms with van der Waals surface area (Å²) >= 11 is 6.09. The van der Waals surface area contributed by atoms with E-state index in [0.717, 1.165) is 28.6 Å². The lowest BCUT2D eigenvalue weighted by Gasteiger charge is -2.28. The molecule has 0 saturated heterocycles. The van der Waals surface area contributed by atoms with Gasteiger partial charge in [-0.1, -0.05) is 23.7 Å². The Labute approximate surface area is 239 Å². The van der Waals surface area contributed by atoms with E-state index in [1.54, 1.807) is 24.3 Å². The van der Waals surface area contributed by atoms with Crippen LogP contribution in [0.4, 0.5) is 11.8 Å². The Morgan fingerprint density at radius 2 is 1.82 bits per heavy atom. The van der Waals surface area contributed by atoms with Crippen molar-refractivity contribution in [2.75, 3.05) is 30.7 Å². The van der Waals surface area contributed by atoms with E-state index in [2.05, 4.69) is 25.3 Å². The molecule has 1 saturated carbocycles. The molecule has 210 valence electrons. The first-order chi connectivity index (χ1) is 19.3. The van der Waals surface area contributed by atoms with E-state index in [9.17, 15) is 8.42 Å². The summed E-state index contributed by atoms with van der Waals surface area (Å²) in [6.07, 6.45) is 6.63. The SMILES string of the molecule is CNC1CCC(CNc2ncc3cc(-c4ccc(NS(=O)(=O)c5ccccc5Cl)nc4OC)cc(C)c3n2)CC1. The number of nitrogens with zero attached hydrogens (tertiary/aromatic N) is 3. The van der Waals surface area contributed by atoms with E-state index in [0.29, 0.717) is 23.5 Å². The Morgan fingerprint density at radius 1 is 1.05 bits per heavy atom. The van der Waals surface area contributed by atoms with Crippen LogP contribution in [-0.4, -0.2) is 50.1 Å². The molecule has 0 radical (unpaired) electrons. The van der Waals surface area contributed by atoms with E-state index in [1.807, 2.05) is 32.3 Å². The van der Waals surface area contributed by atoms with Crippen LogP contribution in [0.5, 0.6) is 5.88 Å². The number of methoxy groups -OCH3 is 1. The zero-order valence-electron chi connectivity index (χ0n) is 22.7. The van der Waals surface area contributed by atoms with Gasteiger partial charge >= 0.3 is 0 Å². The molecular formula is C29H33ClN6O3S. The van der Waals surface area contributed by atoms with Crippen LogP contribution in [0.15, 0.2) is 59.6 Å². The summed E-state index contributed by atoms with van der Waals surface area (Å²) in [5.41, 5.74) is 3.43. The second-order valence-corrected chi connectivity index (χ2v) is 12.2. The highest BCUT2D eigenvalue weighted by Crippen LogP contribution is 2.34. The highest BCUT2D eigenvalue weighted by atomic mass is 35.5. The Hall–Kier alpha value is -3.47. The second-order valence-electron chi connectivity index (χ2n) is 10.1. The van der Waals surface area contributed by atoms with Gasteiger partial charge < -0.3 is 15.4 Å². The maximum absolute atomic E-state index is 12.9. The van der Waals surface area contributed by atoms with Crippen LogP contribution in [0, 0.1) is 12.8 Å². The van der Waals surface area contributed by atoms with E-state index in [4.69, 9.17) is 21.3 Å². The van der Waals surface area contributed by atoms with E-state index < -0.39 is 10.0 Å². The zero-order chi connectivity index (χ0) is 28.3. The molecule has 0 unspecified atom stereocenters. The number of hydrogen-bond donors (Lipinski definition) is 3. The summed E-state index contributed by atoms with van der Waals surface area (Å²) in [6.45, 7) is 2.88. The molecule has 11 heteroatoms. The van der Waals surface area contributed by atoms with Gasteiger partial charge in [0.25, 0.3) is 10.0 Å². The van der Waals surface area contributed by atoms with E-state index >= 15 is 0 Å². The minimum atomic E-state index is -3.93. The van der Waals surface area contributed by atoms with Crippen molar-refractivity contribution in [3.63, 3.8) is 0 Å². The molecule has 0 bridgehead atoms. The van der Waals surface area contributed by atoms with Crippen LogP contribution in [0.25, 0.3) is 22.0 Å². The number of anilines is 2. The minimum Gasteiger partial charge on any atom is -0.480 e. The largest absolute Gasteiger partial charge is 0.480 e. The van der Waals surface area contributed by atoms with Crippen molar-refractivity contribution >= 4 is 44.3 Å². The first-order valence-electron chi connectivity index (χ1n) is 13.3. The number of aryl methyl sites for hydroxylation is 1. The number of ether oxygens (including phenoxy) is 1. The van der Waals surface area contributed by atoms with Gasteiger partial charge in [0.1, 0.15) is 10.7 Å². The molecular weight excluding hydrogens is 548 g/mol. The normalized spacial score (nSPS) is 17.5. The van der Waals surface area contributed by atoms with Crippen molar-refractivity contribution < 1.29 is 13.2 Å². The number of rotatable bonds is 9. The molecule has 9 nitrogen and oxygen atoms in total. The molecule has 3 N–H and O–H groups in total. The lowest BCUT2D eigenvalue weighted by atomic mass is 9.86. The number of halogens is 1. The number of sulfonamides is 1. The number of fused-ring (bicyclic) bond motifs is 1. The number of nitrogens with one attached hydrogen (secondary N) is 3. The third-order valence-corrected chi connectivity index (χ3v) is 9.26. The molecule has 2 heterocycles. The standard InChI is InChI=1S/C29H33ClN6O3S/c1-18-14-20(15-21-17-33-29(35-27(18)21)32-16-19-8-10-22(31-2)11-9-19)23-12-13-26(34-28(23)39-3)36-40(37,38)25-7-5-4-6-24(25)30/h4-7,12-15,17,19,22,31H,8-11,16H2,1-3H3,(H,34,36)(H,32,33,35). The van der Waals surface area contributed by atoms with Gasteiger partial charge in [-0.05, 0) is 93.1 Å². The second kappa shape index (κ2) is 12.0. The zero-order valence-corrected chi connectivity index (χ0v) is 24.3. The van der Waals surface area contributed by atoms with Gasteiger partial charge in [-0.2, -0.15) is 4.98 Å². The Balaban J connectivity index is 1.35. The highest BCUT2D eigenvalue weighted by Gasteiger charge is 2.21. The Morgan fingerprint density at radius 3 is 2.55 bits per heavy atom. The lowest BCUT2D eigenvalue weighted by molar-refractivity contribution is 0.312. The minimum absolute atomic E-state index is 0.0262. The maximum atomic E-state index is 12.9. The van der Waals surface area contributed by atoms with Gasteiger partial charge in [-0.3, -0.25) is 4.72 Å². The summed E-state index contributed by atoms with van der Waals surface area (Å²) < 4.78 is 33.7. The van der Waals surface area contributed by atoms with Gasteiger partial charge in [0.15, 0.2) is 0 Å². The molecule has 0 aliphatic heterocycles. The van der Waals surface area contributed by atoms with Crippen molar-refractivity contribution in [2.24, 2.45) is 5.92 Å². The van der Waals surface area contributed by atoms with Crippen LogP contribution in [-0.2, 0) is 10.0 Å². The quantitative estimate of drug-likeness (QED) is 0.232. The molecule has 1 aliphatic carbocycles. The van der Waals surface area contributed by atoms with Crippen molar-refractivity contribution in [1.29, 1.82) is 0 Å². The first kappa shape index (κ1) is 28.1. The smallest absolute Gasteiger partial charge is 0.264 e. The predicted molar refractivity (Wildman–Crippen MR) is 160 cm³/mol. The lowest BCUT2D eigenvalue weighted by Crippen LogP contribution is -2.32. The third-order valence-electron chi connectivity index (χ3n) is 7.41. The number of aromatic nitrogens is 3. The molecule has 1 aliphatic rings. The summed E-state index contributed by atoms with van der Waals surface area (Å²) in [5.74, 6) is 1.67. The molecule has 5 rings (SSSR count). The van der Waals surface area contributed by atoms with Crippen LogP contribution in [0.1, 0.15) is 31.2 Å². The van der Waals surface area contributed by atoms with Gasteiger partial charge in [-0.15, -0.1) is 0 Å². The average Bonchev–Trinajstić information content (AvgIpc) is 2.96. The topological polar surface area (TPSA) is 118 Å². The molecule has 0 spiro atoms. The van der Waals surface area contributed by atoms with Gasteiger partial charge in [0.2, 0.25) is 11.8 Å². The summed E-state index contributed by atoms with van der Waals surface area (Å²) in [7, 11) is -0.392. The number of hydrogen-bond acceptors (Lipinski definition) is 8. The van der Waals surface area contributed by atoms with Crippen molar-refractivity contribution in [1.82, 2.24) is 20.3 Å². The Kier molecular flexibility index (Phi) is 8.39. The first-order valence-corrected chi connectivity index (χ1v) is 15.1. The van der Waals surface area contributed by atoms with Crippen LogP contribution >= 0.6 is 11.6 Å². The molecule has 2 aromatic carbocycles. The monoisotopic (exact) mass is 580 g/mol. The highest BCUT2D eigenvalue weighted by molar-refractivity contribution is 7.92. The fraction of sp³-hybridized carbons (Fsp3) is 0.345. The van der Waals surface area contributed by atoms with Crippen LogP contribution in [0.3, 0.4) is 0 Å². The molecule has 4 aromatic rings. The molecule has 0 amide bonds. The van der Waals surface area contributed by atoms with Crippen molar-refractivity contribution in [3.8, 4) is 17.0 Å². The summed E-state index contributed by atoms with van der Waals surface area (Å²) in [6, 6.07) is 14.2. The average molecular weight is 581 g/mol. The van der Waals surface area contributed by atoms with Crippen molar-refractivity contribution in [2.45, 2.75) is 43.5 Å². The van der Waals surface area contributed by atoms with E-state index in [-0.39, 0.29) is 21.6 Å². The Bertz CT molecular complexity index is 1620. The van der Waals surface area contributed by atoms with Gasteiger partial charge in [0.05, 0.1) is 17.6 Å². The number of benzene rings is 2. The molecule has 1 fully saturated rings. The fourth-order valence-electron chi connectivity index (χ4n) is 5.18. The van der Waals surface area contributed by atoms with E-state index in [1.165, 1.54) is 44.9 Å². The van der Waals surface area contributed by atoms with Crippen LogP contribution in [0.2, 0.25) is 5.02 Å². The van der Waals surface area contributed by atoms with Crippen molar-refractivity contribution in [3.05, 3.63) is 65.3 Å². The fourth-order valence-corrected chi connectivity index (χ4v) is 6.70. The summed E-state index contributed by atoms with van der Waals surface area (Å²) in [5, 5.41) is 7.83. The molecule has 0 atom stereocenters. The summed E-state index contributed by atoms with van der Waals surface area (Å²) in [4.78, 5) is 13.7. The maximum Gasteiger partial charge on any atom is 0.264 e. The van der Waals surface area contributed by atoms with Gasteiger partial charge in [0, 0.05) is 29.7 Å². The molecule has 2 aromatic heterocycles. The third kappa shape index (κ3) is 6.14. The molecule has 40 heavy (non-hydrogen) atoms.